The molecule has 0 bridgehead atoms. The zero-order chi connectivity index (χ0) is 16.4. The van der Waals surface area contributed by atoms with Gasteiger partial charge in [-0.15, -0.1) is 0 Å². The van der Waals surface area contributed by atoms with Crippen LogP contribution in [0.3, 0.4) is 0 Å². The molecule has 0 aromatic heterocycles. The predicted molar refractivity (Wildman–Crippen MR) is 88.9 cm³/mol. The van der Waals surface area contributed by atoms with E-state index in [1.165, 1.54) is 10.5 Å². The van der Waals surface area contributed by atoms with Crippen LogP contribution >= 0.6 is 0 Å². The summed E-state index contributed by atoms with van der Waals surface area (Å²) in [4.78, 5) is 13.3. The van der Waals surface area contributed by atoms with Crippen molar-refractivity contribution in [2.45, 2.75) is 27.2 Å². The first-order chi connectivity index (χ1) is 9.40. The van der Waals surface area contributed by atoms with Gasteiger partial charge >= 0.3 is 6.09 Å². The Balaban J connectivity index is 3.20. The van der Waals surface area contributed by atoms with Crippen LogP contribution in [-0.4, -0.2) is 46.2 Å². The van der Waals surface area contributed by atoms with E-state index in [1.807, 2.05) is 6.07 Å². The van der Waals surface area contributed by atoms with Crippen molar-refractivity contribution >= 4 is 11.8 Å². The highest BCUT2D eigenvalue weighted by Crippen LogP contribution is 2.33. The average Bonchev–Trinajstić information content (AvgIpc) is 2.24. The Kier molecular flexibility index (Phi) is 5.05. The Bertz CT molecular complexity index is 509. The maximum absolute atomic E-state index is 11.9. The molecule has 0 saturated heterocycles. The molecule has 0 aliphatic rings. The van der Waals surface area contributed by atoms with Gasteiger partial charge in [0, 0.05) is 20.2 Å². The molecule has 0 radical (unpaired) electrons. The zero-order valence-electron chi connectivity index (χ0n) is 14.7. The van der Waals surface area contributed by atoms with Crippen LogP contribution in [0, 0.1) is 5.41 Å². The highest BCUT2D eigenvalue weighted by molar-refractivity contribution is 5.73. The Morgan fingerprint density at radius 3 is 2.19 bits per heavy atom. The molecular formula is C17H29N2O2+. The summed E-state index contributed by atoms with van der Waals surface area (Å²) in [6, 6.07) is 6.17. The predicted octanol–water partition coefficient (Wildman–Crippen LogP) is 3.53. The monoisotopic (exact) mass is 293 g/mol. The van der Waals surface area contributed by atoms with Gasteiger partial charge in [0.05, 0.1) is 21.1 Å². The van der Waals surface area contributed by atoms with E-state index in [2.05, 4.69) is 54.0 Å². The maximum atomic E-state index is 11.9. The maximum Gasteiger partial charge on any atom is 0.414 e. The van der Waals surface area contributed by atoms with Crippen LogP contribution < -0.4 is 9.22 Å². The minimum absolute atomic E-state index is 0.195. The third kappa shape index (κ3) is 5.38. The molecule has 1 rings (SSSR count). The lowest BCUT2D eigenvalue weighted by atomic mass is 9.88. The molecule has 1 amide bonds. The van der Waals surface area contributed by atoms with E-state index < -0.39 is 0 Å². The SMILES string of the molecule is CN(C)C(=O)Oc1cc(CC(C)(C)C)ccc1[N+](C)(C)C. The van der Waals surface area contributed by atoms with Crippen molar-refractivity contribution in [1.29, 1.82) is 0 Å². The summed E-state index contributed by atoms with van der Waals surface area (Å²) < 4.78 is 6.16. The first-order valence-electron chi connectivity index (χ1n) is 7.24. The third-order valence-corrected chi connectivity index (χ3v) is 3.04. The fraction of sp³-hybridized carbons (Fsp3) is 0.588. The molecule has 1 aromatic carbocycles. The molecule has 0 N–H and O–H groups in total. The molecule has 0 unspecified atom stereocenters. The number of amides is 1. The number of rotatable bonds is 3. The van der Waals surface area contributed by atoms with Crippen LogP contribution in [0.15, 0.2) is 18.2 Å². The van der Waals surface area contributed by atoms with Crippen molar-refractivity contribution in [3.8, 4) is 5.75 Å². The second-order valence-corrected chi connectivity index (χ2v) is 7.81. The summed E-state index contributed by atoms with van der Waals surface area (Å²) >= 11 is 0. The van der Waals surface area contributed by atoms with Gasteiger partial charge in [-0.1, -0.05) is 26.8 Å². The summed E-state index contributed by atoms with van der Waals surface area (Å²) in [5.74, 6) is 0.642. The van der Waals surface area contributed by atoms with Gasteiger partial charge in [-0.25, -0.2) is 4.79 Å². The molecule has 0 heterocycles. The van der Waals surface area contributed by atoms with E-state index in [1.54, 1.807) is 14.1 Å². The normalized spacial score (nSPS) is 12.2. The third-order valence-electron chi connectivity index (χ3n) is 3.04. The topological polar surface area (TPSA) is 29.5 Å². The highest BCUT2D eigenvalue weighted by atomic mass is 16.6. The lowest BCUT2D eigenvalue weighted by Crippen LogP contribution is -2.36. The van der Waals surface area contributed by atoms with Gasteiger partial charge in [0.15, 0.2) is 11.4 Å². The zero-order valence-corrected chi connectivity index (χ0v) is 14.7. The Labute approximate surface area is 128 Å². The first-order valence-corrected chi connectivity index (χ1v) is 7.24. The van der Waals surface area contributed by atoms with E-state index in [0.717, 1.165) is 12.1 Å². The molecule has 1 aromatic rings. The number of hydrogen-bond acceptors (Lipinski definition) is 2. The molecule has 4 nitrogen and oxygen atoms in total. The van der Waals surface area contributed by atoms with Crippen molar-refractivity contribution < 1.29 is 9.53 Å². The van der Waals surface area contributed by atoms with Crippen molar-refractivity contribution in [2.75, 3.05) is 35.2 Å². The number of carbonyl (C=O) groups excluding carboxylic acids is 1. The molecule has 0 atom stereocenters. The lowest BCUT2D eigenvalue weighted by molar-refractivity contribution is 0.171. The average molecular weight is 293 g/mol. The fourth-order valence-corrected chi connectivity index (χ4v) is 2.10. The standard InChI is InChI=1S/C17H29N2O2/c1-17(2,3)12-13-9-10-14(19(6,7)8)15(11-13)21-16(20)18(4)5/h9-11H,12H2,1-8H3/q+1. The van der Waals surface area contributed by atoms with E-state index in [9.17, 15) is 4.79 Å². The minimum atomic E-state index is -0.349. The summed E-state index contributed by atoms with van der Waals surface area (Å²) in [7, 11) is 9.56. The number of ether oxygens (including phenoxy) is 1. The molecule has 0 spiro atoms. The van der Waals surface area contributed by atoms with Crippen molar-refractivity contribution in [2.24, 2.45) is 5.41 Å². The molecule has 4 heteroatoms. The molecule has 21 heavy (non-hydrogen) atoms. The molecular weight excluding hydrogens is 264 g/mol. The highest BCUT2D eigenvalue weighted by Gasteiger charge is 2.23. The van der Waals surface area contributed by atoms with Gasteiger partial charge < -0.3 is 9.64 Å². The Morgan fingerprint density at radius 2 is 1.76 bits per heavy atom. The number of quaternary nitrogens is 1. The molecule has 118 valence electrons. The van der Waals surface area contributed by atoms with Crippen LogP contribution in [0.2, 0.25) is 0 Å². The molecule has 0 fully saturated rings. The number of carbonyl (C=O) groups is 1. The molecule has 0 aliphatic heterocycles. The fourth-order valence-electron chi connectivity index (χ4n) is 2.10. The van der Waals surface area contributed by atoms with Gasteiger partial charge in [-0.3, -0.25) is 4.48 Å². The summed E-state index contributed by atoms with van der Waals surface area (Å²) in [5.41, 5.74) is 2.37. The van der Waals surface area contributed by atoms with Gasteiger partial charge in [-0.05, 0) is 23.5 Å². The summed E-state index contributed by atoms with van der Waals surface area (Å²) in [6.07, 6.45) is 0.592. The van der Waals surface area contributed by atoms with E-state index in [0.29, 0.717) is 10.2 Å². The lowest BCUT2D eigenvalue weighted by Gasteiger charge is -2.27. The quantitative estimate of drug-likeness (QED) is 0.798. The van der Waals surface area contributed by atoms with E-state index >= 15 is 0 Å². The Hall–Kier alpha value is -1.55. The van der Waals surface area contributed by atoms with Crippen molar-refractivity contribution in [3.63, 3.8) is 0 Å². The van der Waals surface area contributed by atoms with E-state index in [-0.39, 0.29) is 11.5 Å². The summed E-state index contributed by atoms with van der Waals surface area (Å²) in [6.45, 7) is 6.60. The largest absolute Gasteiger partial charge is 0.414 e. The van der Waals surface area contributed by atoms with Crippen LogP contribution in [-0.2, 0) is 6.42 Å². The van der Waals surface area contributed by atoms with E-state index in [4.69, 9.17) is 4.74 Å². The van der Waals surface area contributed by atoms with Crippen molar-refractivity contribution in [1.82, 2.24) is 9.38 Å². The molecule has 0 saturated carbocycles. The van der Waals surface area contributed by atoms with Crippen LogP contribution in [0.1, 0.15) is 26.3 Å². The second kappa shape index (κ2) is 6.06. The van der Waals surface area contributed by atoms with Gasteiger partial charge in [-0.2, -0.15) is 0 Å². The summed E-state index contributed by atoms with van der Waals surface area (Å²) in [5, 5.41) is 0. The number of nitrogens with zero attached hydrogens (tertiary/aromatic N) is 2. The molecule has 0 aliphatic carbocycles. The smallest absolute Gasteiger partial charge is 0.404 e. The Morgan fingerprint density at radius 1 is 1.19 bits per heavy atom. The number of hydrogen-bond donors (Lipinski definition) is 0. The van der Waals surface area contributed by atoms with Gasteiger partial charge in [0.2, 0.25) is 0 Å². The second-order valence-electron chi connectivity index (χ2n) is 7.81. The minimum Gasteiger partial charge on any atom is -0.404 e. The van der Waals surface area contributed by atoms with Crippen molar-refractivity contribution in [3.05, 3.63) is 23.8 Å². The van der Waals surface area contributed by atoms with Crippen LogP contribution in [0.5, 0.6) is 5.75 Å². The van der Waals surface area contributed by atoms with Gasteiger partial charge in [0.25, 0.3) is 0 Å². The van der Waals surface area contributed by atoms with Crippen LogP contribution in [0.4, 0.5) is 10.5 Å². The van der Waals surface area contributed by atoms with Crippen LogP contribution in [0.25, 0.3) is 0 Å². The first kappa shape index (κ1) is 17.5. The number of benzene rings is 1. The van der Waals surface area contributed by atoms with Gasteiger partial charge in [0.1, 0.15) is 0 Å².